The lowest BCUT2D eigenvalue weighted by Gasteiger charge is -2.34. The molecule has 0 bridgehead atoms. The first-order valence-electron chi connectivity index (χ1n) is 9.47. The Morgan fingerprint density at radius 3 is 2.59 bits per heavy atom. The van der Waals surface area contributed by atoms with Gasteiger partial charge in [0.15, 0.2) is 6.10 Å². The predicted molar refractivity (Wildman–Crippen MR) is 109 cm³/mol. The standard InChI is InChI=1S/C20H22FN5O2S/c1-15(27-17-7-5-16(21)6-8-17)19-23-26(20(29)28-19)14-24-10-12-25(13-11-24)18-4-2-3-9-22-18/h2-9,15H,10-14H2,1H3/t15-/m1/s1. The second-order valence-electron chi connectivity index (χ2n) is 6.85. The van der Waals surface area contributed by atoms with E-state index in [2.05, 4.69) is 19.9 Å². The fourth-order valence-electron chi connectivity index (χ4n) is 3.19. The number of pyridine rings is 1. The second-order valence-corrected chi connectivity index (χ2v) is 7.20. The Hall–Kier alpha value is -2.78. The molecule has 29 heavy (non-hydrogen) atoms. The Labute approximate surface area is 173 Å². The van der Waals surface area contributed by atoms with Crippen molar-refractivity contribution in [2.24, 2.45) is 0 Å². The summed E-state index contributed by atoms with van der Waals surface area (Å²) in [6.07, 6.45) is 1.37. The number of hydrogen-bond acceptors (Lipinski definition) is 7. The van der Waals surface area contributed by atoms with Gasteiger partial charge in [-0.3, -0.25) is 4.90 Å². The molecule has 1 aromatic carbocycles. The molecule has 0 spiro atoms. The van der Waals surface area contributed by atoms with Gasteiger partial charge >= 0.3 is 0 Å². The molecule has 1 aliphatic heterocycles. The molecule has 0 radical (unpaired) electrons. The van der Waals surface area contributed by atoms with Crippen molar-refractivity contribution in [2.75, 3.05) is 31.1 Å². The van der Waals surface area contributed by atoms with Crippen LogP contribution in [0.15, 0.2) is 53.1 Å². The summed E-state index contributed by atoms with van der Waals surface area (Å²) in [6, 6.07) is 11.8. The number of ether oxygens (including phenoxy) is 1. The molecule has 0 amide bonds. The molecule has 2 aromatic heterocycles. The molecule has 1 fully saturated rings. The van der Waals surface area contributed by atoms with Crippen LogP contribution in [0.3, 0.4) is 0 Å². The Morgan fingerprint density at radius 2 is 1.90 bits per heavy atom. The van der Waals surface area contributed by atoms with E-state index in [9.17, 15) is 4.39 Å². The Balaban J connectivity index is 1.35. The van der Waals surface area contributed by atoms with Crippen molar-refractivity contribution in [3.05, 3.63) is 65.2 Å². The van der Waals surface area contributed by atoms with Crippen molar-refractivity contribution in [3.63, 3.8) is 0 Å². The molecule has 3 heterocycles. The van der Waals surface area contributed by atoms with Crippen molar-refractivity contribution in [1.82, 2.24) is 19.7 Å². The molecule has 0 unspecified atom stereocenters. The second kappa shape index (κ2) is 8.71. The topological polar surface area (TPSA) is 59.6 Å². The average molecular weight is 415 g/mol. The van der Waals surface area contributed by atoms with E-state index in [4.69, 9.17) is 21.4 Å². The molecule has 9 heteroatoms. The van der Waals surface area contributed by atoms with Crippen LogP contribution >= 0.6 is 12.2 Å². The van der Waals surface area contributed by atoms with Gasteiger partial charge in [0.25, 0.3) is 10.7 Å². The van der Waals surface area contributed by atoms with E-state index in [1.807, 2.05) is 31.3 Å². The predicted octanol–water partition coefficient (Wildman–Crippen LogP) is 3.66. The number of piperazine rings is 1. The maximum atomic E-state index is 13.0. The number of aromatic nitrogens is 3. The Morgan fingerprint density at radius 1 is 1.14 bits per heavy atom. The zero-order valence-electron chi connectivity index (χ0n) is 16.1. The molecule has 1 atom stereocenters. The SMILES string of the molecule is C[C@@H](Oc1ccc(F)cc1)c1nn(CN2CCN(c3ccccn3)CC2)c(=S)o1. The maximum absolute atomic E-state index is 13.0. The Bertz CT molecular complexity index is 984. The first-order valence-corrected chi connectivity index (χ1v) is 9.88. The fraction of sp³-hybridized carbons (Fsp3) is 0.350. The van der Waals surface area contributed by atoms with Crippen LogP contribution in [0.5, 0.6) is 5.75 Å². The summed E-state index contributed by atoms with van der Waals surface area (Å²) in [7, 11) is 0. The number of benzene rings is 1. The van der Waals surface area contributed by atoms with Gasteiger partial charge in [0, 0.05) is 32.4 Å². The van der Waals surface area contributed by atoms with Gasteiger partial charge in [-0.25, -0.2) is 14.1 Å². The zero-order chi connectivity index (χ0) is 20.2. The van der Waals surface area contributed by atoms with Gasteiger partial charge in [-0.05, 0) is 55.5 Å². The van der Waals surface area contributed by atoms with E-state index >= 15 is 0 Å². The minimum atomic E-state index is -0.440. The number of halogens is 1. The normalized spacial score (nSPS) is 16.0. The molecule has 0 N–H and O–H groups in total. The molecule has 0 saturated carbocycles. The number of nitrogens with zero attached hydrogens (tertiary/aromatic N) is 5. The van der Waals surface area contributed by atoms with Crippen LogP contribution in [0.4, 0.5) is 10.2 Å². The fourth-order valence-corrected chi connectivity index (χ4v) is 3.38. The summed E-state index contributed by atoms with van der Waals surface area (Å²) in [5.74, 6) is 1.63. The molecular formula is C20H22FN5O2S. The van der Waals surface area contributed by atoms with Crippen LogP contribution < -0.4 is 9.64 Å². The lowest BCUT2D eigenvalue weighted by Crippen LogP contribution is -2.47. The maximum Gasteiger partial charge on any atom is 0.288 e. The van der Waals surface area contributed by atoms with E-state index in [0.717, 1.165) is 32.0 Å². The van der Waals surface area contributed by atoms with Gasteiger partial charge in [-0.2, -0.15) is 0 Å². The summed E-state index contributed by atoms with van der Waals surface area (Å²) >= 11 is 5.32. The molecule has 1 saturated heterocycles. The summed E-state index contributed by atoms with van der Waals surface area (Å²) in [5.41, 5.74) is 0. The Kier molecular flexibility index (Phi) is 5.86. The van der Waals surface area contributed by atoms with E-state index in [0.29, 0.717) is 23.1 Å². The van der Waals surface area contributed by atoms with E-state index in [-0.39, 0.29) is 5.82 Å². The molecule has 0 aliphatic carbocycles. The first kappa shape index (κ1) is 19.5. The van der Waals surface area contributed by atoms with Gasteiger partial charge in [0.2, 0.25) is 0 Å². The molecule has 152 valence electrons. The van der Waals surface area contributed by atoms with Gasteiger partial charge in [0.1, 0.15) is 17.4 Å². The average Bonchev–Trinajstić information content (AvgIpc) is 3.11. The van der Waals surface area contributed by atoms with Crippen LogP contribution in [0, 0.1) is 10.7 Å². The summed E-state index contributed by atoms with van der Waals surface area (Å²) in [4.78, 5) is 9.26. The number of anilines is 1. The highest BCUT2D eigenvalue weighted by molar-refractivity contribution is 7.71. The van der Waals surface area contributed by atoms with Gasteiger partial charge in [-0.1, -0.05) is 6.07 Å². The highest BCUT2D eigenvalue weighted by Crippen LogP contribution is 2.21. The van der Waals surface area contributed by atoms with Crippen LogP contribution in [-0.2, 0) is 6.67 Å². The lowest BCUT2D eigenvalue weighted by atomic mass is 10.3. The van der Waals surface area contributed by atoms with E-state index in [1.54, 1.807) is 16.8 Å². The highest BCUT2D eigenvalue weighted by Gasteiger charge is 2.21. The van der Waals surface area contributed by atoms with Crippen molar-refractivity contribution in [1.29, 1.82) is 0 Å². The summed E-state index contributed by atoms with van der Waals surface area (Å²) in [6.45, 7) is 5.91. The van der Waals surface area contributed by atoms with E-state index < -0.39 is 6.10 Å². The monoisotopic (exact) mass is 415 g/mol. The largest absolute Gasteiger partial charge is 0.481 e. The van der Waals surface area contributed by atoms with Gasteiger partial charge < -0.3 is 14.1 Å². The smallest absolute Gasteiger partial charge is 0.288 e. The highest BCUT2D eigenvalue weighted by atomic mass is 32.1. The van der Waals surface area contributed by atoms with Crippen molar-refractivity contribution in [3.8, 4) is 5.75 Å². The molecule has 7 nitrogen and oxygen atoms in total. The quantitative estimate of drug-likeness (QED) is 0.570. The molecule has 3 aromatic rings. The molecular weight excluding hydrogens is 393 g/mol. The van der Waals surface area contributed by atoms with Crippen molar-refractivity contribution < 1.29 is 13.5 Å². The third kappa shape index (κ3) is 4.80. The minimum absolute atomic E-state index is 0.307. The van der Waals surface area contributed by atoms with Crippen LogP contribution in [0.1, 0.15) is 18.9 Å². The van der Waals surface area contributed by atoms with Crippen LogP contribution in [-0.4, -0.2) is 45.8 Å². The molecule has 1 aliphatic rings. The lowest BCUT2D eigenvalue weighted by molar-refractivity contribution is 0.185. The van der Waals surface area contributed by atoms with Crippen LogP contribution in [0.2, 0.25) is 0 Å². The third-order valence-corrected chi connectivity index (χ3v) is 5.07. The summed E-state index contributed by atoms with van der Waals surface area (Å²) in [5, 5.41) is 4.47. The number of rotatable bonds is 6. The zero-order valence-corrected chi connectivity index (χ0v) is 16.9. The minimum Gasteiger partial charge on any atom is -0.481 e. The van der Waals surface area contributed by atoms with Crippen molar-refractivity contribution in [2.45, 2.75) is 19.7 Å². The molecule has 4 rings (SSSR count). The van der Waals surface area contributed by atoms with Gasteiger partial charge in [-0.15, -0.1) is 5.10 Å². The van der Waals surface area contributed by atoms with Gasteiger partial charge in [0.05, 0.1) is 6.67 Å². The van der Waals surface area contributed by atoms with E-state index in [1.165, 1.54) is 12.1 Å². The van der Waals surface area contributed by atoms with Crippen molar-refractivity contribution >= 4 is 18.0 Å². The first-order chi connectivity index (χ1) is 14.1. The summed E-state index contributed by atoms with van der Waals surface area (Å²) < 4.78 is 26.1. The van der Waals surface area contributed by atoms with Crippen LogP contribution in [0.25, 0.3) is 0 Å². The third-order valence-electron chi connectivity index (χ3n) is 4.78. The number of hydrogen-bond donors (Lipinski definition) is 0.